The molecule has 2 aromatic rings. The van der Waals surface area contributed by atoms with E-state index in [0.29, 0.717) is 23.6 Å². The summed E-state index contributed by atoms with van der Waals surface area (Å²) >= 11 is 7.92. The van der Waals surface area contributed by atoms with Crippen molar-refractivity contribution in [2.24, 2.45) is 11.8 Å². The van der Waals surface area contributed by atoms with Crippen molar-refractivity contribution in [1.82, 2.24) is 5.32 Å². The van der Waals surface area contributed by atoms with E-state index in [1.807, 2.05) is 24.3 Å². The number of fused-ring (bicyclic) bond motifs is 1. The second-order valence-electron chi connectivity index (χ2n) is 6.82. The molecule has 1 amide bonds. The van der Waals surface area contributed by atoms with Gasteiger partial charge < -0.3 is 5.32 Å². The van der Waals surface area contributed by atoms with Gasteiger partial charge in [-0.2, -0.15) is 0 Å². The van der Waals surface area contributed by atoms with Crippen molar-refractivity contribution in [3.8, 4) is 0 Å². The number of thioether (sulfide) groups is 1. The molecule has 0 aliphatic heterocycles. The van der Waals surface area contributed by atoms with Crippen molar-refractivity contribution >= 4 is 40.0 Å². The molecule has 128 valence electrons. The summed E-state index contributed by atoms with van der Waals surface area (Å²) in [5.41, 5.74) is 0. The summed E-state index contributed by atoms with van der Waals surface area (Å²) in [6.07, 6.45) is 3.58. The Morgan fingerprint density at radius 2 is 1.96 bits per heavy atom. The van der Waals surface area contributed by atoms with Crippen molar-refractivity contribution < 1.29 is 4.79 Å². The van der Waals surface area contributed by atoms with Crippen LogP contribution in [0.15, 0.2) is 41.3 Å². The van der Waals surface area contributed by atoms with Crippen LogP contribution < -0.4 is 5.32 Å². The molecule has 1 fully saturated rings. The fourth-order valence-corrected chi connectivity index (χ4v) is 4.82. The van der Waals surface area contributed by atoms with E-state index >= 15 is 0 Å². The monoisotopic (exact) mass is 361 g/mol. The van der Waals surface area contributed by atoms with E-state index in [0.717, 1.165) is 27.1 Å². The maximum atomic E-state index is 12.4. The molecule has 24 heavy (non-hydrogen) atoms. The highest BCUT2D eigenvalue weighted by Gasteiger charge is 2.28. The number of hydrogen-bond donors (Lipinski definition) is 1. The minimum Gasteiger partial charge on any atom is -0.352 e. The molecule has 0 radical (unpaired) electrons. The van der Waals surface area contributed by atoms with Gasteiger partial charge in [-0.05, 0) is 35.8 Å². The number of halogens is 1. The van der Waals surface area contributed by atoms with Crippen LogP contribution in [0.1, 0.15) is 33.1 Å². The molecule has 0 unspecified atom stereocenters. The Morgan fingerprint density at radius 3 is 2.75 bits per heavy atom. The van der Waals surface area contributed by atoms with Crippen LogP contribution in [0.2, 0.25) is 5.02 Å². The van der Waals surface area contributed by atoms with Gasteiger partial charge in [0.25, 0.3) is 0 Å². The van der Waals surface area contributed by atoms with Gasteiger partial charge in [-0.3, -0.25) is 4.79 Å². The first-order chi connectivity index (χ1) is 11.6. The third kappa shape index (κ3) is 3.89. The van der Waals surface area contributed by atoms with Gasteiger partial charge in [-0.25, -0.2) is 0 Å². The van der Waals surface area contributed by atoms with Crippen molar-refractivity contribution in [2.75, 3.05) is 5.75 Å². The lowest BCUT2D eigenvalue weighted by atomic mass is 9.78. The van der Waals surface area contributed by atoms with E-state index in [-0.39, 0.29) is 5.91 Å². The molecule has 0 saturated heterocycles. The van der Waals surface area contributed by atoms with Crippen LogP contribution in [0.3, 0.4) is 0 Å². The number of benzene rings is 2. The molecule has 1 aliphatic rings. The number of carbonyl (C=O) groups excluding carboxylic acids is 1. The van der Waals surface area contributed by atoms with Crippen molar-refractivity contribution in [2.45, 2.75) is 44.0 Å². The summed E-state index contributed by atoms with van der Waals surface area (Å²) in [6, 6.07) is 12.3. The number of rotatable bonds is 4. The first kappa shape index (κ1) is 17.6. The average Bonchev–Trinajstić information content (AvgIpc) is 2.57. The molecule has 1 N–H and O–H groups in total. The van der Waals surface area contributed by atoms with E-state index in [1.165, 1.54) is 12.8 Å². The van der Waals surface area contributed by atoms with Gasteiger partial charge in [0.1, 0.15) is 0 Å². The van der Waals surface area contributed by atoms with Crippen molar-refractivity contribution in [1.29, 1.82) is 0 Å². The Labute approximate surface area is 153 Å². The standard InChI is InChI=1S/C20H24ClNOS/c1-13-6-3-10-17(14(13)2)22-19(23)12-24-18-11-5-8-15-7-4-9-16(21)20(15)18/h4-5,7-9,11,13-14,17H,3,6,10,12H2,1-2H3,(H,22,23)/t13-,14-,17+/m1/s1. The molecule has 1 aliphatic carbocycles. The Bertz CT molecular complexity index is 727. The highest BCUT2D eigenvalue weighted by molar-refractivity contribution is 8.00. The summed E-state index contributed by atoms with van der Waals surface area (Å²) < 4.78 is 0. The lowest BCUT2D eigenvalue weighted by Gasteiger charge is -2.34. The highest BCUT2D eigenvalue weighted by Crippen LogP contribution is 2.33. The average molecular weight is 362 g/mol. The summed E-state index contributed by atoms with van der Waals surface area (Å²) in [5, 5.41) is 6.14. The second-order valence-corrected chi connectivity index (χ2v) is 8.25. The van der Waals surface area contributed by atoms with E-state index in [4.69, 9.17) is 11.6 Å². The van der Waals surface area contributed by atoms with Gasteiger partial charge in [0.2, 0.25) is 5.91 Å². The summed E-state index contributed by atoms with van der Waals surface area (Å²) in [7, 11) is 0. The van der Waals surface area contributed by atoms with Crippen LogP contribution in [0.4, 0.5) is 0 Å². The van der Waals surface area contributed by atoms with E-state index in [1.54, 1.807) is 11.8 Å². The van der Waals surface area contributed by atoms with E-state index in [2.05, 4.69) is 31.3 Å². The predicted octanol–water partition coefficient (Wildman–Crippen LogP) is 5.53. The summed E-state index contributed by atoms with van der Waals surface area (Å²) in [4.78, 5) is 13.5. The largest absolute Gasteiger partial charge is 0.352 e. The van der Waals surface area contributed by atoms with Crippen LogP contribution in [-0.4, -0.2) is 17.7 Å². The number of nitrogens with one attached hydrogen (secondary N) is 1. The molecular formula is C20H24ClNOS. The molecule has 0 aromatic heterocycles. The molecule has 3 atom stereocenters. The van der Waals surface area contributed by atoms with Gasteiger partial charge in [0.05, 0.1) is 5.75 Å². The van der Waals surface area contributed by atoms with E-state index < -0.39 is 0 Å². The third-order valence-electron chi connectivity index (χ3n) is 5.23. The Morgan fingerprint density at radius 1 is 1.21 bits per heavy atom. The summed E-state index contributed by atoms with van der Waals surface area (Å²) in [6.45, 7) is 4.54. The molecule has 4 heteroatoms. The Balaban J connectivity index is 1.65. The molecule has 2 aromatic carbocycles. The van der Waals surface area contributed by atoms with Gasteiger partial charge in [-0.1, -0.05) is 62.6 Å². The van der Waals surface area contributed by atoms with Crippen LogP contribution in [0.25, 0.3) is 10.8 Å². The molecule has 1 saturated carbocycles. The van der Waals surface area contributed by atoms with Crippen molar-refractivity contribution in [3.05, 3.63) is 41.4 Å². The maximum absolute atomic E-state index is 12.4. The van der Waals surface area contributed by atoms with Crippen LogP contribution in [-0.2, 0) is 4.79 Å². The smallest absolute Gasteiger partial charge is 0.230 e. The molecule has 0 spiro atoms. The lowest BCUT2D eigenvalue weighted by molar-refractivity contribution is -0.119. The lowest BCUT2D eigenvalue weighted by Crippen LogP contribution is -2.44. The van der Waals surface area contributed by atoms with Crippen molar-refractivity contribution in [3.63, 3.8) is 0 Å². The normalized spacial score (nSPS) is 24.0. The molecule has 0 bridgehead atoms. The zero-order chi connectivity index (χ0) is 17.1. The first-order valence-electron chi connectivity index (χ1n) is 8.65. The second kappa shape index (κ2) is 7.79. The predicted molar refractivity (Wildman–Crippen MR) is 104 cm³/mol. The molecule has 3 rings (SSSR count). The highest BCUT2D eigenvalue weighted by atomic mass is 35.5. The molecule has 2 nitrogen and oxygen atoms in total. The zero-order valence-corrected chi connectivity index (χ0v) is 15.8. The maximum Gasteiger partial charge on any atom is 0.230 e. The Kier molecular flexibility index (Phi) is 5.72. The van der Waals surface area contributed by atoms with Gasteiger partial charge in [0, 0.05) is 21.3 Å². The quantitative estimate of drug-likeness (QED) is 0.726. The van der Waals surface area contributed by atoms with Crippen LogP contribution >= 0.6 is 23.4 Å². The third-order valence-corrected chi connectivity index (χ3v) is 6.60. The first-order valence-corrected chi connectivity index (χ1v) is 10.0. The number of carbonyl (C=O) groups is 1. The van der Waals surface area contributed by atoms with Crippen LogP contribution in [0.5, 0.6) is 0 Å². The number of amides is 1. The van der Waals surface area contributed by atoms with E-state index in [9.17, 15) is 4.79 Å². The van der Waals surface area contributed by atoms with Gasteiger partial charge in [-0.15, -0.1) is 11.8 Å². The fourth-order valence-electron chi connectivity index (χ4n) is 3.56. The van der Waals surface area contributed by atoms with Crippen LogP contribution in [0, 0.1) is 11.8 Å². The minimum atomic E-state index is 0.120. The van der Waals surface area contributed by atoms with Gasteiger partial charge in [0.15, 0.2) is 0 Å². The SMILES string of the molecule is C[C@@H]1[C@H](C)CCC[C@@H]1NC(=O)CSc1cccc2cccc(Cl)c12. The Hall–Kier alpha value is -1.19. The number of hydrogen-bond acceptors (Lipinski definition) is 2. The topological polar surface area (TPSA) is 29.1 Å². The zero-order valence-electron chi connectivity index (χ0n) is 14.2. The molecule has 0 heterocycles. The molecular weight excluding hydrogens is 338 g/mol. The van der Waals surface area contributed by atoms with Gasteiger partial charge >= 0.3 is 0 Å². The summed E-state index contributed by atoms with van der Waals surface area (Å²) in [5.74, 6) is 1.80. The minimum absolute atomic E-state index is 0.120. The fraction of sp³-hybridized carbons (Fsp3) is 0.450.